The molecule has 0 aliphatic carbocycles. The largest absolute Gasteiger partial charge is 0.417 e. The van der Waals surface area contributed by atoms with Crippen LogP contribution in [-0.4, -0.2) is 63.4 Å². The van der Waals surface area contributed by atoms with Crippen molar-refractivity contribution in [3.8, 4) is 11.1 Å². The van der Waals surface area contributed by atoms with Crippen LogP contribution in [0.3, 0.4) is 0 Å². The number of rotatable bonds is 5. The van der Waals surface area contributed by atoms with Crippen LogP contribution in [0.25, 0.3) is 27.4 Å². The van der Waals surface area contributed by atoms with Crippen LogP contribution in [0.4, 0.5) is 13.2 Å². The van der Waals surface area contributed by atoms with Crippen molar-refractivity contribution in [2.24, 2.45) is 0 Å². The molecule has 1 aliphatic rings. The molecular formula is C24H22F3N5O. The first kappa shape index (κ1) is 21.5. The molecule has 4 heterocycles. The molecule has 0 saturated carbocycles. The van der Waals surface area contributed by atoms with Gasteiger partial charge in [0.2, 0.25) is 0 Å². The lowest BCUT2D eigenvalue weighted by atomic mass is 10.00. The normalized spacial score (nSPS) is 16.0. The molecule has 3 aromatic heterocycles. The van der Waals surface area contributed by atoms with Gasteiger partial charge in [0.15, 0.2) is 0 Å². The van der Waals surface area contributed by atoms with Crippen LogP contribution < -0.4 is 0 Å². The van der Waals surface area contributed by atoms with E-state index < -0.39 is 11.7 Å². The third-order valence-corrected chi connectivity index (χ3v) is 6.19. The smallest absolute Gasteiger partial charge is 0.302 e. The number of alkyl halides is 3. The van der Waals surface area contributed by atoms with Crippen molar-refractivity contribution in [2.45, 2.75) is 12.7 Å². The van der Waals surface area contributed by atoms with Crippen molar-refractivity contribution in [2.75, 3.05) is 32.7 Å². The first-order chi connectivity index (χ1) is 15.9. The van der Waals surface area contributed by atoms with Gasteiger partial charge in [0.1, 0.15) is 6.29 Å². The summed E-state index contributed by atoms with van der Waals surface area (Å²) in [4.78, 5) is 19.6. The number of carbonyl (C=O) groups is 1. The summed E-state index contributed by atoms with van der Waals surface area (Å²) in [7, 11) is 0. The Morgan fingerprint density at radius 2 is 1.76 bits per heavy atom. The van der Waals surface area contributed by atoms with Crippen molar-refractivity contribution in [1.82, 2.24) is 24.4 Å². The average molecular weight is 453 g/mol. The summed E-state index contributed by atoms with van der Waals surface area (Å²) >= 11 is 0. The molecule has 9 heteroatoms. The van der Waals surface area contributed by atoms with E-state index in [1.165, 1.54) is 10.6 Å². The number of carbonyl (C=O) groups excluding carboxylic acids is 1. The van der Waals surface area contributed by atoms with E-state index in [-0.39, 0.29) is 0 Å². The molecule has 0 radical (unpaired) electrons. The van der Waals surface area contributed by atoms with Crippen molar-refractivity contribution >= 4 is 22.6 Å². The molecule has 33 heavy (non-hydrogen) atoms. The van der Waals surface area contributed by atoms with E-state index in [0.29, 0.717) is 12.1 Å². The molecule has 1 aliphatic heterocycles. The second-order valence-electron chi connectivity index (χ2n) is 8.28. The van der Waals surface area contributed by atoms with Crippen molar-refractivity contribution in [3.63, 3.8) is 0 Å². The Labute approximate surface area is 188 Å². The maximum absolute atomic E-state index is 13.0. The fourth-order valence-corrected chi connectivity index (χ4v) is 4.37. The third kappa shape index (κ3) is 4.34. The van der Waals surface area contributed by atoms with Gasteiger partial charge in [-0.15, -0.1) is 0 Å². The van der Waals surface area contributed by atoms with Crippen molar-refractivity contribution in [3.05, 3.63) is 66.2 Å². The van der Waals surface area contributed by atoms with Gasteiger partial charge in [-0.2, -0.15) is 18.3 Å². The van der Waals surface area contributed by atoms with Gasteiger partial charge in [-0.1, -0.05) is 12.1 Å². The minimum Gasteiger partial charge on any atom is -0.302 e. The monoisotopic (exact) mass is 453 g/mol. The minimum absolute atomic E-state index is 0.469. The number of hydrogen-bond acceptors (Lipinski definition) is 5. The number of halogens is 3. The Hall–Kier alpha value is -3.30. The van der Waals surface area contributed by atoms with Gasteiger partial charge in [0.05, 0.1) is 23.8 Å². The Balaban J connectivity index is 1.46. The van der Waals surface area contributed by atoms with Gasteiger partial charge >= 0.3 is 6.18 Å². The molecule has 170 valence electrons. The molecule has 0 atom stereocenters. The quantitative estimate of drug-likeness (QED) is 0.430. The maximum atomic E-state index is 13.0. The molecule has 0 amide bonds. The summed E-state index contributed by atoms with van der Waals surface area (Å²) in [5.74, 6) is 0. The van der Waals surface area contributed by atoms with E-state index in [1.54, 1.807) is 6.20 Å². The van der Waals surface area contributed by atoms with Gasteiger partial charge in [0, 0.05) is 62.3 Å². The standard InChI is InChI=1S/C24H22F3N5O/c25-24(26,27)20-3-4-23-22(14-29-32(23)16-20)17-1-2-18-12-28-13-19(21(18)11-17)15-31-7-5-30(6-8-31)9-10-33/h1-4,10-14,16H,5-9,15H2. The maximum Gasteiger partial charge on any atom is 0.417 e. The molecule has 0 bridgehead atoms. The number of aromatic nitrogens is 3. The molecule has 0 spiro atoms. The van der Waals surface area contributed by atoms with Crippen LogP contribution >= 0.6 is 0 Å². The molecular weight excluding hydrogens is 431 g/mol. The predicted molar refractivity (Wildman–Crippen MR) is 119 cm³/mol. The van der Waals surface area contributed by atoms with Crippen molar-refractivity contribution < 1.29 is 18.0 Å². The van der Waals surface area contributed by atoms with E-state index in [2.05, 4.69) is 25.9 Å². The van der Waals surface area contributed by atoms with Gasteiger partial charge in [-0.25, -0.2) is 4.52 Å². The van der Waals surface area contributed by atoms with E-state index in [4.69, 9.17) is 0 Å². The predicted octanol–water partition coefficient (Wildman–Crippen LogP) is 3.88. The highest BCUT2D eigenvalue weighted by molar-refractivity contribution is 5.91. The highest BCUT2D eigenvalue weighted by Gasteiger charge is 2.31. The van der Waals surface area contributed by atoms with E-state index in [9.17, 15) is 18.0 Å². The topological polar surface area (TPSA) is 53.7 Å². The Morgan fingerprint density at radius 1 is 0.970 bits per heavy atom. The number of aldehydes is 1. The fraction of sp³-hybridized carbons (Fsp3) is 0.292. The molecule has 1 aromatic carbocycles. The summed E-state index contributed by atoms with van der Waals surface area (Å²) in [6.45, 7) is 4.66. The van der Waals surface area contributed by atoms with Crippen LogP contribution in [0.5, 0.6) is 0 Å². The lowest BCUT2D eigenvalue weighted by Crippen LogP contribution is -2.46. The Kier molecular flexibility index (Phi) is 5.59. The Morgan fingerprint density at radius 3 is 2.52 bits per heavy atom. The first-order valence-electron chi connectivity index (χ1n) is 10.7. The number of hydrogen-bond donors (Lipinski definition) is 0. The van der Waals surface area contributed by atoms with E-state index in [0.717, 1.165) is 78.7 Å². The second kappa shape index (κ2) is 8.57. The lowest BCUT2D eigenvalue weighted by Gasteiger charge is -2.33. The summed E-state index contributed by atoms with van der Waals surface area (Å²) in [5, 5.41) is 6.22. The fourth-order valence-electron chi connectivity index (χ4n) is 4.37. The van der Waals surface area contributed by atoms with Crippen LogP contribution in [0.15, 0.2) is 55.1 Å². The van der Waals surface area contributed by atoms with Crippen LogP contribution in [0.2, 0.25) is 0 Å². The van der Waals surface area contributed by atoms with Gasteiger partial charge in [0.25, 0.3) is 0 Å². The lowest BCUT2D eigenvalue weighted by molar-refractivity contribution is -0.137. The molecule has 6 nitrogen and oxygen atoms in total. The van der Waals surface area contributed by atoms with Gasteiger partial charge in [-0.3, -0.25) is 14.8 Å². The van der Waals surface area contributed by atoms with Crippen LogP contribution in [-0.2, 0) is 17.5 Å². The summed E-state index contributed by atoms with van der Waals surface area (Å²) < 4.78 is 40.4. The summed E-state index contributed by atoms with van der Waals surface area (Å²) in [5.41, 5.74) is 2.64. The Bertz CT molecular complexity index is 1310. The van der Waals surface area contributed by atoms with Crippen molar-refractivity contribution in [1.29, 1.82) is 0 Å². The molecule has 4 aromatic rings. The molecule has 0 unspecified atom stereocenters. The SMILES string of the molecule is O=CCN1CCN(Cc2cncc3ccc(-c4cnn5cc(C(F)(F)F)ccc45)cc23)CC1. The van der Waals surface area contributed by atoms with E-state index >= 15 is 0 Å². The molecule has 5 rings (SSSR count). The summed E-state index contributed by atoms with van der Waals surface area (Å²) in [6, 6.07) is 8.53. The number of benzene rings is 1. The average Bonchev–Trinajstić information content (AvgIpc) is 3.23. The first-order valence-corrected chi connectivity index (χ1v) is 10.7. The zero-order valence-corrected chi connectivity index (χ0v) is 17.8. The van der Waals surface area contributed by atoms with Crippen LogP contribution in [0, 0.1) is 0 Å². The van der Waals surface area contributed by atoms with Gasteiger partial charge < -0.3 is 4.79 Å². The third-order valence-electron chi connectivity index (χ3n) is 6.19. The molecule has 0 N–H and O–H groups in total. The summed E-state index contributed by atoms with van der Waals surface area (Å²) in [6.07, 6.45) is 2.83. The number of pyridine rings is 2. The number of piperazine rings is 1. The van der Waals surface area contributed by atoms with Crippen LogP contribution in [0.1, 0.15) is 11.1 Å². The molecule has 1 saturated heterocycles. The number of nitrogens with zero attached hydrogens (tertiary/aromatic N) is 5. The minimum atomic E-state index is -4.41. The van der Waals surface area contributed by atoms with Gasteiger partial charge in [-0.05, 0) is 34.7 Å². The number of fused-ring (bicyclic) bond motifs is 2. The molecule has 1 fully saturated rings. The second-order valence-corrected chi connectivity index (χ2v) is 8.28. The zero-order valence-electron chi connectivity index (χ0n) is 17.8. The van der Waals surface area contributed by atoms with E-state index in [1.807, 2.05) is 24.5 Å². The highest BCUT2D eigenvalue weighted by Crippen LogP contribution is 2.33. The zero-order chi connectivity index (χ0) is 23.0. The highest BCUT2D eigenvalue weighted by atomic mass is 19.4.